The normalized spacial score (nSPS) is 12.2. The highest BCUT2D eigenvalue weighted by Crippen LogP contribution is 2.28. The van der Waals surface area contributed by atoms with Crippen molar-refractivity contribution >= 4 is 48.8 Å². The number of benzene rings is 1. The molecule has 0 radical (unpaired) electrons. The summed E-state index contributed by atoms with van der Waals surface area (Å²) >= 11 is 7.23. The maximum absolute atomic E-state index is 12.4. The lowest BCUT2D eigenvalue weighted by atomic mass is 10.1. The largest absolute Gasteiger partial charge is 0.460 e. The van der Waals surface area contributed by atoms with Crippen molar-refractivity contribution in [1.29, 1.82) is 0 Å². The molecule has 0 saturated heterocycles. The molecule has 0 amide bonds. The standard InChI is InChI=1S/C21H21ClN2O5S2/c1-21(2,3)29-18(25)8-6-13-10-14(31(4,27)28)11-16(23-13)20-24-19(26)15-7-5-12(22)9-17(15)30-20/h5,7,9-11H,6,8H2,1-4H3. The fourth-order valence-corrected chi connectivity index (χ4v) is 4.69. The second kappa shape index (κ2) is 8.64. The van der Waals surface area contributed by atoms with Crippen LogP contribution in [0.2, 0.25) is 5.02 Å². The number of ether oxygens (including phenoxy) is 1. The Morgan fingerprint density at radius 1 is 1.16 bits per heavy atom. The third-order valence-corrected chi connectivity index (χ3v) is 6.47. The fraction of sp³-hybridized carbons (Fsp3) is 0.333. The van der Waals surface area contributed by atoms with Gasteiger partial charge in [0.05, 0.1) is 16.7 Å². The van der Waals surface area contributed by atoms with Crippen molar-refractivity contribution in [2.24, 2.45) is 0 Å². The van der Waals surface area contributed by atoms with Gasteiger partial charge in [-0.15, -0.1) is 11.3 Å². The number of aromatic nitrogens is 2. The molecule has 0 unspecified atom stereocenters. The number of pyridine rings is 1. The van der Waals surface area contributed by atoms with Crippen LogP contribution >= 0.6 is 22.9 Å². The molecule has 0 atom stereocenters. The van der Waals surface area contributed by atoms with Crippen molar-refractivity contribution in [3.05, 3.63) is 51.4 Å². The van der Waals surface area contributed by atoms with E-state index in [4.69, 9.17) is 16.3 Å². The zero-order chi connectivity index (χ0) is 23.0. The van der Waals surface area contributed by atoms with E-state index >= 15 is 0 Å². The number of hydrogen-bond acceptors (Lipinski definition) is 8. The van der Waals surface area contributed by atoms with Gasteiger partial charge >= 0.3 is 5.97 Å². The number of esters is 1. The molecule has 164 valence electrons. The number of rotatable bonds is 5. The first-order chi connectivity index (χ1) is 14.3. The number of hydrogen-bond donors (Lipinski definition) is 0. The van der Waals surface area contributed by atoms with Gasteiger partial charge in [0.2, 0.25) is 0 Å². The number of nitrogens with zero attached hydrogens (tertiary/aromatic N) is 2. The fourth-order valence-electron chi connectivity index (χ4n) is 2.78. The zero-order valence-electron chi connectivity index (χ0n) is 17.4. The molecule has 0 aliphatic carbocycles. The maximum atomic E-state index is 12.4. The van der Waals surface area contributed by atoms with Crippen molar-refractivity contribution in [1.82, 2.24) is 9.97 Å². The number of carbonyl (C=O) groups excluding carboxylic acids is 1. The molecular formula is C21H21ClN2O5S2. The summed E-state index contributed by atoms with van der Waals surface area (Å²) in [6.07, 6.45) is 1.30. The molecule has 10 heteroatoms. The summed E-state index contributed by atoms with van der Waals surface area (Å²) in [6, 6.07) is 7.65. The lowest BCUT2D eigenvalue weighted by Crippen LogP contribution is -2.24. The lowest BCUT2D eigenvalue weighted by Gasteiger charge is -2.19. The van der Waals surface area contributed by atoms with Crippen LogP contribution in [0.25, 0.3) is 20.8 Å². The van der Waals surface area contributed by atoms with Gasteiger partial charge in [0.25, 0.3) is 5.56 Å². The first kappa shape index (κ1) is 23.3. The molecule has 3 rings (SSSR count). The number of sulfone groups is 1. The zero-order valence-corrected chi connectivity index (χ0v) is 19.8. The van der Waals surface area contributed by atoms with Crippen molar-refractivity contribution < 1.29 is 17.9 Å². The predicted molar refractivity (Wildman–Crippen MR) is 121 cm³/mol. The summed E-state index contributed by atoms with van der Waals surface area (Å²) in [5.74, 6) is -0.413. The van der Waals surface area contributed by atoms with Gasteiger partial charge in [-0.25, -0.2) is 8.42 Å². The van der Waals surface area contributed by atoms with Crippen molar-refractivity contribution in [3.63, 3.8) is 0 Å². The minimum absolute atomic E-state index is 0.0318. The second-order valence-corrected chi connectivity index (χ2v) is 11.5. The molecule has 7 nitrogen and oxygen atoms in total. The SMILES string of the molecule is CC(C)(C)OC(=O)CCc1cc(S(C)(=O)=O)cc(-c2nc(=O)c3ccc(Cl)cc3s2)n1. The first-order valence-electron chi connectivity index (χ1n) is 9.35. The Morgan fingerprint density at radius 2 is 1.87 bits per heavy atom. The van der Waals surface area contributed by atoms with Crippen LogP contribution < -0.4 is 5.56 Å². The van der Waals surface area contributed by atoms with Crippen LogP contribution in [-0.2, 0) is 25.8 Å². The van der Waals surface area contributed by atoms with Crippen molar-refractivity contribution in [2.75, 3.05) is 6.26 Å². The predicted octanol–water partition coefficient (Wildman–Crippen LogP) is 4.05. The summed E-state index contributed by atoms with van der Waals surface area (Å²) in [5, 5.41) is 1.16. The number of fused-ring (bicyclic) bond motifs is 1. The molecule has 2 aromatic heterocycles. The maximum Gasteiger partial charge on any atom is 0.306 e. The van der Waals surface area contributed by atoms with E-state index in [0.29, 0.717) is 20.8 Å². The molecular weight excluding hydrogens is 460 g/mol. The Balaban J connectivity index is 2.04. The van der Waals surface area contributed by atoms with Gasteiger partial charge in [-0.2, -0.15) is 4.98 Å². The summed E-state index contributed by atoms with van der Waals surface area (Å²) in [5.41, 5.74) is -0.447. The molecule has 1 aromatic carbocycles. The Hall–Kier alpha value is -2.36. The van der Waals surface area contributed by atoms with E-state index < -0.39 is 27.0 Å². The Morgan fingerprint density at radius 3 is 2.52 bits per heavy atom. The summed E-state index contributed by atoms with van der Waals surface area (Å²) in [7, 11) is -3.56. The monoisotopic (exact) mass is 480 g/mol. The molecule has 0 N–H and O–H groups in total. The molecule has 0 aliphatic rings. The van der Waals surface area contributed by atoms with Crippen LogP contribution in [0.1, 0.15) is 32.9 Å². The lowest BCUT2D eigenvalue weighted by molar-refractivity contribution is -0.154. The highest BCUT2D eigenvalue weighted by atomic mass is 35.5. The molecule has 0 spiro atoms. The van der Waals surface area contributed by atoms with E-state index in [0.717, 1.165) is 6.26 Å². The number of aryl methyl sites for hydroxylation is 1. The van der Waals surface area contributed by atoms with E-state index in [1.165, 1.54) is 23.5 Å². The van der Waals surface area contributed by atoms with Crippen LogP contribution in [0.3, 0.4) is 0 Å². The minimum Gasteiger partial charge on any atom is -0.460 e. The third-order valence-electron chi connectivity index (χ3n) is 4.09. The average molecular weight is 481 g/mol. The highest BCUT2D eigenvalue weighted by molar-refractivity contribution is 7.90. The van der Waals surface area contributed by atoms with Gasteiger partial charge in [-0.3, -0.25) is 14.6 Å². The average Bonchev–Trinajstić information content (AvgIpc) is 2.63. The van der Waals surface area contributed by atoms with Gasteiger partial charge < -0.3 is 4.74 Å². The van der Waals surface area contributed by atoms with Crippen LogP contribution in [0.5, 0.6) is 0 Å². The van der Waals surface area contributed by atoms with Gasteiger partial charge in [-0.05, 0) is 51.1 Å². The summed E-state index contributed by atoms with van der Waals surface area (Å²) in [6.45, 7) is 5.31. The molecule has 0 aliphatic heterocycles. The van der Waals surface area contributed by atoms with E-state index in [1.807, 2.05) is 0 Å². The van der Waals surface area contributed by atoms with Crippen LogP contribution in [-0.4, -0.2) is 36.2 Å². The van der Waals surface area contributed by atoms with Crippen LogP contribution in [0.15, 0.2) is 40.0 Å². The molecule has 3 aromatic rings. The minimum atomic E-state index is -3.56. The molecule has 0 saturated carbocycles. The Kier molecular flexibility index (Phi) is 6.50. The summed E-state index contributed by atoms with van der Waals surface area (Å²) < 4.78 is 30.3. The van der Waals surface area contributed by atoms with E-state index in [-0.39, 0.29) is 28.4 Å². The molecule has 0 bridgehead atoms. The number of halogens is 1. The topological polar surface area (TPSA) is 103 Å². The molecule has 2 heterocycles. The van der Waals surface area contributed by atoms with E-state index in [1.54, 1.807) is 39.0 Å². The first-order valence-corrected chi connectivity index (χ1v) is 12.4. The van der Waals surface area contributed by atoms with E-state index in [9.17, 15) is 18.0 Å². The van der Waals surface area contributed by atoms with E-state index in [2.05, 4.69) is 9.97 Å². The summed E-state index contributed by atoms with van der Waals surface area (Å²) in [4.78, 5) is 33.1. The molecule has 0 fully saturated rings. The Bertz CT molecular complexity index is 1330. The molecule has 31 heavy (non-hydrogen) atoms. The van der Waals surface area contributed by atoms with Gasteiger partial charge in [0.15, 0.2) is 9.84 Å². The van der Waals surface area contributed by atoms with Gasteiger partial charge in [-0.1, -0.05) is 11.6 Å². The van der Waals surface area contributed by atoms with Gasteiger partial charge in [0.1, 0.15) is 16.3 Å². The van der Waals surface area contributed by atoms with Gasteiger partial charge in [0, 0.05) is 28.1 Å². The second-order valence-electron chi connectivity index (χ2n) is 8.00. The number of carbonyl (C=O) groups is 1. The quantitative estimate of drug-likeness (QED) is 0.507. The smallest absolute Gasteiger partial charge is 0.306 e. The highest BCUT2D eigenvalue weighted by Gasteiger charge is 2.19. The Labute approximate surface area is 189 Å². The van der Waals surface area contributed by atoms with Crippen molar-refractivity contribution in [2.45, 2.75) is 44.1 Å². The third kappa shape index (κ3) is 6.09. The van der Waals surface area contributed by atoms with Crippen molar-refractivity contribution in [3.8, 4) is 10.7 Å². The van der Waals surface area contributed by atoms with Crippen LogP contribution in [0.4, 0.5) is 0 Å². The van der Waals surface area contributed by atoms with Crippen LogP contribution in [0, 0.1) is 0 Å².